The highest BCUT2D eigenvalue weighted by Gasteiger charge is 2.31. The van der Waals surface area contributed by atoms with E-state index in [1.165, 1.54) is 0 Å². The Morgan fingerprint density at radius 1 is 1.14 bits per heavy atom. The van der Waals surface area contributed by atoms with Gasteiger partial charge in [0.05, 0.1) is 5.60 Å². The van der Waals surface area contributed by atoms with Crippen LogP contribution in [0.4, 0.5) is 0 Å². The lowest BCUT2D eigenvalue weighted by Crippen LogP contribution is -2.40. The molecule has 1 aliphatic carbocycles. The summed E-state index contributed by atoms with van der Waals surface area (Å²) in [5, 5.41) is 12.9. The zero-order chi connectivity index (χ0) is 16.2. The molecule has 120 valence electrons. The van der Waals surface area contributed by atoms with Crippen LogP contribution in [0.25, 0.3) is 0 Å². The number of ketones is 1. The molecule has 1 fully saturated rings. The van der Waals surface area contributed by atoms with E-state index in [-0.39, 0.29) is 24.5 Å². The number of hydrogen-bond donors (Lipinski definition) is 2. The fourth-order valence-corrected chi connectivity index (χ4v) is 2.85. The second-order valence-corrected chi connectivity index (χ2v) is 6.43. The molecule has 1 amide bonds. The Hall–Kier alpha value is -1.68. The van der Waals surface area contributed by atoms with Crippen LogP contribution in [0, 0.1) is 13.8 Å². The highest BCUT2D eigenvalue weighted by molar-refractivity contribution is 5.98. The number of amides is 1. The standard InChI is InChI=1S/C18H25NO3/c1-13-5-6-15(11-14(13)2)16(20)7-8-17(21)19-12-18(22)9-3-4-10-18/h5-6,11,22H,3-4,7-10,12H2,1-2H3,(H,19,21). The largest absolute Gasteiger partial charge is 0.388 e. The van der Waals surface area contributed by atoms with E-state index in [9.17, 15) is 14.7 Å². The van der Waals surface area contributed by atoms with Gasteiger partial charge in [-0.1, -0.05) is 25.0 Å². The summed E-state index contributed by atoms with van der Waals surface area (Å²) in [6, 6.07) is 5.61. The number of benzene rings is 1. The lowest BCUT2D eigenvalue weighted by atomic mass is 10.0. The smallest absolute Gasteiger partial charge is 0.220 e. The summed E-state index contributed by atoms with van der Waals surface area (Å²) in [5.41, 5.74) is 2.15. The summed E-state index contributed by atoms with van der Waals surface area (Å²) in [7, 11) is 0. The van der Waals surface area contributed by atoms with Gasteiger partial charge in [-0.25, -0.2) is 0 Å². The van der Waals surface area contributed by atoms with Crippen molar-refractivity contribution in [3.63, 3.8) is 0 Å². The lowest BCUT2D eigenvalue weighted by molar-refractivity contribution is -0.122. The van der Waals surface area contributed by atoms with E-state index in [1.54, 1.807) is 0 Å². The van der Waals surface area contributed by atoms with Gasteiger partial charge in [-0.3, -0.25) is 9.59 Å². The number of aryl methyl sites for hydroxylation is 2. The third kappa shape index (κ3) is 4.41. The molecule has 0 radical (unpaired) electrons. The van der Waals surface area contributed by atoms with Crippen LogP contribution in [-0.4, -0.2) is 28.9 Å². The summed E-state index contributed by atoms with van der Waals surface area (Å²) in [6.07, 6.45) is 3.88. The Morgan fingerprint density at radius 3 is 2.45 bits per heavy atom. The highest BCUT2D eigenvalue weighted by Crippen LogP contribution is 2.28. The molecule has 0 aromatic heterocycles. The summed E-state index contributed by atoms with van der Waals surface area (Å²) in [4.78, 5) is 23.9. The van der Waals surface area contributed by atoms with Crippen LogP contribution in [0.5, 0.6) is 0 Å². The first-order valence-corrected chi connectivity index (χ1v) is 7.99. The zero-order valence-electron chi connectivity index (χ0n) is 13.4. The summed E-state index contributed by atoms with van der Waals surface area (Å²) < 4.78 is 0. The number of Topliss-reactive ketones (excluding diaryl/α,β-unsaturated/α-hetero) is 1. The molecule has 0 heterocycles. The van der Waals surface area contributed by atoms with Crippen molar-refractivity contribution >= 4 is 11.7 Å². The molecule has 2 rings (SSSR count). The molecule has 1 aliphatic rings. The van der Waals surface area contributed by atoms with E-state index in [4.69, 9.17) is 0 Å². The third-order valence-corrected chi connectivity index (χ3v) is 4.56. The first-order valence-electron chi connectivity index (χ1n) is 7.99. The zero-order valence-corrected chi connectivity index (χ0v) is 13.4. The monoisotopic (exact) mass is 303 g/mol. The van der Waals surface area contributed by atoms with Gasteiger partial charge in [0.25, 0.3) is 0 Å². The molecule has 1 aromatic carbocycles. The predicted octanol–water partition coefficient (Wildman–Crippen LogP) is 2.69. The maximum atomic E-state index is 12.1. The summed E-state index contributed by atoms with van der Waals surface area (Å²) in [6.45, 7) is 4.27. The predicted molar refractivity (Wildman–Crippen MR) is 85.9 cm³/mol. The van der Waals surface area contributed by atoms with Crippen molar-refractivity contribution in [2.45, 2.75) is 58.0 Å². The van der Waals surface area contributed by atoms with Gasteiger partial charge in [0.1, 0.15) is 0 Å². The van der Waals surface area contributed by atoms with Crippen molar-refractivity contribution in [1.29, 1.82) is 0 Å². The number of carbonyl (C=O) groups is 2. The van der Waals surface area contributed by atoms with E-state index >= 15 is 0 Å². The van der Waals surface area contributed by atoms with E-state index in [0.717, 1.165) is 36.8 Å². The van der Waals surface area contributed by atoms with Crippen LogP contribution in [-0.2, 0) is 4.79 Å². The molecular weight excluding hydrogens is 278 g/mol. The molecule has 0 aliphatic heterocycles. The number of carbonyl (C=O) groups excluding carboxylic acids is 2. The third-order valence-electron chi connectivity index (χ3n) is 4.56. The normalized spacial score (nSPS) is 16.5. The van der Waals surface area contributed by atoms with Crippen molar-refractivity contribution in [3.8, 4) is 0 Å². The second-order valence-electron chi connectivity index (χ2n) is 6.43. The van der Waals surface area contributed by atoms with E-state index in [0.29, 0.717) is 12.1 Å². The maximum Gasteiger partial charge on any atom is 0.220 e. The van der Waals surface area contributed by atoms with E-state index < -0.39 is 5.60 Å². The minimum atomic E-state index is -0.742. The Labute approximate surface area is 131 Å². The van der Waals surface area contributed by atoms with Crippen molar-refractivity contribution in [2.75, 3.05) is 6.54 Å². The van der Waals surface area contributed by atoms with Crippen molar-refractivity contribution in [1.82, 2.24) is 5.32 Å². The van der Waals surface area contributed by atoms with Gasteiger partial charge < -0.3 is 10.4 Å². The minimum absolute atomic E-state index is 0.0159. The second kappa shape index (κ2) is 7.05. The van der Waals surface area contributed by atoms with E-state index in [1.807, 2.05) is 32.0 Å². The van der Waals surface area contributed by atoms with Gasteiger partial charge in [-0.05, 0) is 43.9 Å². The average molecular weight is 303 g/mol. The quantitative estimate of drug-likeness (QED) is 0.794. The summed E-state index contributed by atoms with van der Waals surface area (Å²) in [5.74, 6) is -0.185. The van der Waals surface area contributed by atoms with Gasteiger partial charge >= 0.3 is 0 Å². The summed E-state index contributed by atoms with van der Waals surface area (Å²) >= 11 is 0. The molecule has 1 aromatic rings. The van der Waals surface area contributed by atoms with Crippen LogP contribution in [0.3, 0.4) is 0 Å². The number of rotatable bonds is 6. The van der Waals surface area contributed by atoms with Crippen LogP contribution >= 0.6 is 0 Å². The molecule has 22 heavy (non-hydrogen) atoms. The molecular formula is C18H25NO3. The molecule has 0 saturated heterocycles. The molecule has 0 bridgehead atoms. The van der Waals surface area contributed by atoms with Crippen molar-refractivity contribution < 1.29 is 14.7 Å². The van der Waals surface area contributed by atoms with Gasteiger partial charge in [0.2, 0.25) is 5.91 Å². The fourth-order valence-electron chi connectivity index (χ4n) is 2.85. The van der Waals surface area contributed by atoms with Crippen molar-refractivity contribution in [2.24, 2.45) is 0 Å². The molecule has 0 atom stereocenters. The topological polar surface area (TPSA) is 66.4 Å². The van der Waals surface area contributed by atoms with Gasteiger partial charge in [0.15, 0.2) is 5.78 Å². The Kier molecular flexibility index (Phi) is 5.35. The molecule has 1 saturated carbocycles. The first-order chi connectivity index (χ1) is 10.4. The molecule has 2 N–H and O–H groups in total. The van der Waals surface area contributed by atoms with Crippen LogP contribution in [0.1, 0.15) is 60.0 Å². The number of nitrogens with one attached hydrogen (secondary N) is 1. The van der Waals surface area contributed by atoms with Gasteiger partial charge in [0, 0.05) is 24.9 Å². The highest BCUT2D eigenvalue weighted by atomic mass is 16.3. The minimum Gasteiger partial charge on any atom is -0.388 e. The van der Waals surface area contributed by atoms with Crippen LogP contribution in [0.2, 0.25) is 0 Å². The van der Waals surface area contributed by atoms with Gasteiger partial charge in [-0.2, -0.15) is 0 Å². The fraction of sp³-hybridized carbons (Fsp3) is 0.556. The first kappa shape index (κ1) is 16.7. The number of aliphatic hydroxyl groups is 1. The molecule has 4 nitrogen and oxygen atoms in total. The molecule has 0 unspecified atom stereocenters. The van der Waals surface area contributed by atoms with Gasteiger partial charge in [-0.15, -0.1) is 0 Å². The lowest BCUT2D eigenvalue weighted by Gasteiger charge is -2.22. The van der Waals surface area contributed by atoms with Crippen LogP contribution < -0.4 is 5.32 Å². The average Bonchev–Trinajstić information content (AvgIpc) is 2.93. The molecule has 4 heteroatoms. The Bertz CT molecular complexity index is 559. The van der Waals surface area contributed by atoms with E-state index in [2.05, 4.69) is 5.32 Å². The SMILES string of the molecule is Cc1ccc(C(=O)CCC(=O)NCC2(O)CCCC2)cc1C. The Balaban J connectivity index is 1.78. The Morgan fingerprint density at radius 2 is 1.82 bits per heavy atom. The molecule has 0 spiro atoms. The maximum absolute atomic E-state index is 12.1. The number of hydrogen-bond acceptors (Lipinski definition) is 3. The van der Waals surface area contributed by atoms with Crippen LogP contribution in [0.15, 0.2) is 18.2 Å². The van der Waals surface area contributed by atoms with Crippen molar-refractivity contribution in [3.05, 3.63) is 34.9 Å².